The molecule has 0 spiro atoms. The van der Waals surface area contributed by atoms with Crippen molar-refractivity contribution in [3.63, 3.8) is 0 Å². The van der Waals surface area contributed by atoms with Crippen LogP contribution in [0.2, 0.25) is 5.15 Å². The van der Waals surface area contributed by atoms with Crippen LogP contribution in [0.3, 0.4) is 0 Å². The fourth-order valence-electron chi connectivity index (χ4n) is 3.86. The number of ether oxygens (including phenoxy) is 1. The quantitative estimate of drug-likeness (QED) is 0.528. The lowest BCUT2D eigenvalue weighted by Crippen LogP contribution is -2.16. The summed E-state index contributed by atoms with van der Waals surface area (Å²) in [6, 6.07) is 9.23. The zero-order valence-electron chi connectivity index (χ0n) is 17.8. The van der Waals surface area contributed by atoms with Crippen molar-refractivity contribution in [2.75, 3.05) is 5.32 Å². The lowest BCUT2D eigenvalue weighted by molar-refractivity contribution is -0.138. The van der Waals surface area contributed by atoms with Crippen LogP contribution < -0.4 is 10.1 Å². The minimum atomic E-state index is -0.779. The van der Waals surface area contributed by atoms with Crippen LogP contribution in [-0.4, -0.2) is 27.0 Å². The zero-order chi connectivity index (χ0) is 23.0. The predicted octanol–water partition coefficient (Wildman–Crippen LogP) is 5.29. The summed E-state index contributed by atoms with van der Waals surface area (Å²) in [4.78, 5) is 32.3. The highest BCUT2D eigenvalue weighted by Gasteiger charge is 2.44. The van der Waals surface area contributed by atoms with Crippen molar-refractivity contribution in [1.82, 2.24) is 9.97 Å². The number of anilines is 1. The number of nitrogens with zero attached hydrogens (tertiary/aromatic N) is 2. The predicted molar refractivity (Wildman–Crippen MR) is 121 cm³/mol. The number of carbonyl (C=O) groups is 2. The Labute approximate surface area is 190 Å². The monoisotopic (exact) mass is 451 g/mol. The first-order valence-corrected chi connectivity index (χ1v) is 10.5. The summed E-state index contributed by atoms with van der Waals surface area (Å²) in [7, 11) is 0. The highest BCUT2D eigenvalue weighted by Crippen LogP contribution is 2.48. The minimum absolute atomic E-state index is 0.00162. The highest BCUT2D eigenvalue weighted by molar-refractivity contribution is 6.29. The average Bonchev–Trinajstić information content (AvgIpc) is 3.50. The van der Waals surface area contributed by atoms with E-state index in [0.717, 1.165) is 22.3 Å². The van der Waals surface area contributed by atoms with Crippen molar-refractivity contribution >= 4 is 29.2 Å². The van der Waals surface area contributed by atoms with E-state index in [1.165, 1.54) is 12.4 Å². The summed E-state index contributed by atoms with van der Waals surface area (Å²) in [6.45, 7) is 5.58. The standard InChI is InChI=1S/C24H22ClN3O4/c1-12-4-5-15(17-9-18(17)24(30)31)8-19(12)27-23(29)22-13(2)6-16(7-14(22)3)32-21-11-26-10-20(25)28-21/h4-8,10-11,17-18H,9H2,1-3H3,(H,27,29)(H,30,31)/t17-,18-/m1/s1. The van der Waals surface area contributed by atoms with Crippen LogP contribution >= 0.6 is 11.6 Å². The maximum absolute atomic E-state index is 13.1. The molecule has 0 unspecified atom stereocenters. The third-order valence-electron chi connectivity index (χ3n) is 5.58. The van der Waals surface area contributed by atoms with Gasteiger partial charge in [-0.25, -0.2) is 0 Å². The SMILES string of the molecule is Cc1ccc([C@H]2C[C@H]2C(=O)O)cc1NC(=O)c1c(C)cc(Oc2cncc(Cl)n2)cc1C. The molecule has 32 heavy (non-hydrogen) atoms. The maximum Gasteiger partial charge on any atom is 0.307 e. The van der Waals surface area contributed by atoms with Gasteiger partial charge in [-0.1, -0.05) is 23.7 Å². The van der Waals surface area contributed by atoms with Gasteiger partial charge in [0.15, 0.2) is 5.15 Å². The molecule has 1 aliphatic rings. The summed E-state index contributed by atoms with van der Waals surface area (Å²) in [5.74, 6) is -0.570. The third kappa shape index (κ3) is 4.57. The lowest BCUT2D eigenvalue weighted by Gasteiger charge is -2.15. The number of amides is 1. The Bertz CT molecular complexity index is 1200. The van der Waals surface area contributed by atoms with E-state index < -0.39 is 5.97 Å². The van der Waals surface area contributed by atoms with E-state index >= 15 is 0 Å². The van der Waals surface area contributed by atoms with E-state index in [9.17, 15) is 14.7 Å². The van der Waals surface area contributed by atoms with E-state index in [4.69, 9.17) is 16.3 Å². The second kappa shape index (κ2) is 8.59. The average molecular weight is 452 g/mol. The Morgan fingerprint density at radius 1 is 1.09 bits per heavy atom. The number of carboxylic acids is 1. The molecule has 1 heterocycles. The molecule has 1 fully saturated rings. The fraction of sp³-hybridized carbons (Fsp3) is 0.250. The number of hydrogen-bond acceptors (Lipinski definition) is 5. The van der Waals surface area contributed by atoms with Crippen LogP contribution in [0, 0.1) is 26.7 Å². The number of aromatic nitrogens is 2. The number of carboxylic acid groups (broad SMARTS) is 1. The molecule has 0 saturated heterocycles. The zero-order valence-corrected chi connectivity index (χ0v) is 18.6. The van der Waals surface area contributed by atoms with Crippen molar-refractivity contribution in [1.29, 1.82) is 0 Å². The first-order chi connectivity index (χ1) is 15.2. The topological polar surface area (TPSA) is 101 Å². The van der Waals surface area contributed by atoms with Gasteiger partial charge in [0, 0.05) is 11.3 Å². The van der Waals surface area contributed by atoms with E-state index in [-0.39, 0.29) is 28.8 Å². The second-order valence-corrected chi connectivity index (χ2v) is 8.42. The Hall–Kier alpha value is -3.45. The number of aliphatic carboxylic acids is 1. The molecule has 2 atom stereocenters. The summed E-state index contributed by atoms with van der Waals surface area (Å²) < 4.78 is 5.73. The molecule has 1 aromatic heterocycles. The van der Waals surface area contributed by atoms with Crippen LogP contribution in [0.4, 0.5) is 5.69 Å². The fourth-order valence-corrected chi connectivity index (χ4v) is 4.00. The summed E-state index contributed by atoms with van der Waals surface area (Å²) in [5, 5.41) is 12.4. The van der Waals surface area contributed by atoms with Gasteiger partial charge in [-0.05, 0) is 73.6 Å². The molecular weight excluding hydrogens is 430 g/mol. The number of hydrogen-bond donors (Lipinski definition) is 2. The Balaban J connectivity index is 1.54. The van der Waals surface area contributed by atoms with Gasteiger partial charge in [0.25, 0.3) is 5.91 Å². The summed E-state index contributed by atoms with van der Waals surface area (Å²) in [6.07, 6.45) is 3.50. The highest BCUT2D eigenvalue weighted by atomic mass is 35.5. The van der Waals surface area contributed by atoms with Crippen molar-refractivity contribution in [2.45, 2.75) is 33.1 Å². The number of rotatable bonds is 6. The minimum Gasteiger partial charge on any atom is -0.481 e. The van der Waals surface area contributed by atoms with Crippen LogP contribution in [0.1, 0.15) is 45.0 Å². The maximum atomic E-state index is 13.1. The molecule has 2 N–H and O–H groups in total. The van der Waals surface area contributed by atoms with Crippen molar-refractivity contribution in [3.05, 3.63) is 75.7 Å². The van der Waals surface area contributed by atoms with E-state index in [2.05, 4.69) is 15.3 Å². The lowest BCUT2D eigenvalue weighted by atomic mass is 10.0. The smallest absolute Gasteiger partial charge is 0.307 e. The second-order valence-electron chi connectivity index (χ2n) is 8.03. The third-order valence-corrected chi connectivity index (χ3v) is 5.77. The number of carbonyl (C=O) groups excluding carboxylic acids is 1. The molecule has 8 heteroatoms. The van der Waals surface area contributed by atoms with Crippen LogP contribution in [0.25, 0.3) is 0 Å². The molecule has 1 amide bonds. The van der Waals surface area contributed by atoms with Gasteiger partial charge in [-0.2, -0.15) is 4.98 Å². The molecule has 0 radical (unpaired) electrons. The molecule has 3 aromatic rings. The molecular formula is C24H22ClN3O4. The van der Waals surface area contributed by atoms with E-state index in [0.29, 0.717) is 23.4 Å². The first kappa shape index (κ1) is 21.8. The van der Waals surface area contributed by atoms with Gasteiger partial charge in [0.1, 0.15) is 5.75 Å². The number of halogens is 1. The Morgan fingerprint density at radius 3 is 2.44 bits per heavy atom. The van der Waals surface area contributed by atoms with E-state index in [1.54, 1.807) is 12.1 Å². The molecule has 0 aliphatic heterocycles. The van der Waals surface area contributed by atoms with Gasteiger partial charge in [0.05, 0.1) is 18.3 Å². The molecule has 4 rings (SSSR count). The van der Waals surface area contributed by atoms with Gasteiger partial charge in [-0.3, -0.25) is 14.6 Å². The summed E-state index contributed by atoms with van der Waals surface area (Å²) >= 11 is 5.85. The van der Waals surface area contributed by atoms with Crippen LogP contribution in [-0.2, 0) is 4.79 Å². The normalized spacial score (nSPS) is 17.0. The van der Waals surface area contributed by atoms with Gasteiger partial charge in [-0.15, -0.1) is 0 Å². The van der Waals surface area contributed by atoms with Crippen LogP contribution in [0.15, 0.2) is 42.7 Å². The molecule has 2 aromatic carbocycles. The van der Waals surface area contributed by atoms with Gasteiger partial charge in [0.2, 0.25) is 5.88 Å². The molecule has 0 bridgehead atoms. The van der Waals surface area contributed by atoms with Crippen LogP contribution in [0.5, 0.6) is 11.6 Å². The number of aryl methyl sites for hydroxylation is 3. The first-order valence-electron chi connectivity index (χ1n) is 10.1. The number of nitrogens with one attached hydrogen (secondary N) is 1. The molecule has 7 nitrogen and oxygen atoms in total. The molecule has 1 saturated carbocycles. The summed E-state index contributed by atoms with van der Waals surface area (Å²) in [5.41, 5.74) is 4.55. The largest absolute Gasteiger partial charge is 0.481 e. The van der Waals surface area contributed by atoms with Crippen molar-refractivity contribution in [2.24, 2.45) is 5.92 Å². The van der Waals surface area contributed by atoms with Crippen molar-refractivity contribution < 1.29 is 19.4 Å². The van der Waals surface area contributed by atoms with Crippen molar-refractivity contribution in [3.8, 4) is 11.6 Å². The molecule has 164 valence electrons. The Morgan fingerprint density at radius 2 is 1.81 bits per heavy atom. The number of benzene rings is 2. The molecule has 1 aliphatic carbocycles. The van der Waals surface area contributed by atoms with Gasteiger partial charge >= 0.3 is 5.97 Å². The van der Waals surface area contributed by atoms with Gasteiger partial charge < -0.3 is 15.2 Å². The van der Waals surface area contributed by atoms with E-state index in [1.807, 2.05) is 39.0 Å². The Kier molecular flexibility index (Phi) is 5.84.